The third-order valence-corrected chi connectivity index (χ3v) is 3.86. The minimum atomic E-state index is 0.510. The van der Waals surface area contributed by atoms with Gasteiger partial charge < -0.3 is 5.73 Å². The molecule has 3 nitrogen and oxygen atoms in total. The molecule has 0 aliphatic rings. The van der Waals surface area contributed by atoms with Gasteiger partial charge in [-0.1, -0.05) is 17.4 Å². The van der Waals surface area contributed by atoms with Crippen molar-refractivity contribution in [3.05, 3.63) is 27.3 Å². The van der Waals surface area contributed by atoms with Crippen molar-refractivity contribution in [2.75, 3.05) is 5.73 Å². The van der Waals surface area contributed by atoms with Gasteiger partial charge in [-0.2, -0.15) is 0 Å². The molecule has 2 rings (SSSR count). The van der Waals surface area contributed by atoms with Gasteiger partial charge in [0.2, 0.25) is 5.13 Å². The number of nitrogens with zero attached hydrogens (tertiary/aromatic N) is 2. The molecular weight excluding hydrogens is 309 g/mol. The maximum Gasteiger partial charge on any atom is 0.203 e. The SMILES string of the molecule is Cc1cc(-c2nnc(N)s2)ccc1I. The number of hydrogen-bond donors (Lipinski definition) is 1. The van der Waals surface area contributed by atoms with E-state index in [9.17, 15) is 0 Å². The zero-order valence-corrected chi connectivity index (χ0v) is 10.5. The van der Waals surface area contributed by atoms with Gasteiger partial charge in [0.25, 0.3) is 0 Å². The number of rotatable bonds is 1. The molecule has 1 aromatic carbocycles. The molecule has 2 aromatic rings. The lowest BCUT2D eigenvalue weighted by Crippen LogP contribution is -1.82. The van der Waals surface area contributed by atoms with Gasteiger partial charge in [-0.3, -0.25) is 0 Å². The summed E-state index contributed by atoms with van der Waals surface area (Å²) in [5.74, 6) is 0. The first-order chi connectivity index (χ1) is 6.66. The standard InChI is InChI=1S/C9H8IN3S/c1-5-4-6(2-3-7(5)10)8-12-13-9(11)14-8/h2-4H,1H3,(H2,11,13). The maximum absolute atomic E-state index is 5.53. The van der Waals surface area contributed by atoms with Crippen LogP contribution in [0.1, 0.15) is 5.56 Å². The number of benzene rings is 1. The lowest BCUT2D eigenvalue weighted by atomic mass is 10.1. The van der Waals surface area contributed by atoms with Crippen molar-refractivity contribution in [1.82, 2.24) is 10.2 Å². The smallest absolute Gasteiger partial charge is 0.203 e. The van der Waals surface area contributed by atoms with Crippen LogP contribution in [0.25, 0.3) is 10.6 Å². The van der Waals surface area contributed by atoms with Gasteiger partial charge in [0.05, 0.1) is 0 Å². The second-order valence-corrected chi connectivity index (χ2v) is 5.08. The molecule has 0 aliphatic carbocycles. The predicted octanol–water partition coefficient (Wildman–Crippen LogP) is 2.70. The molecule has 2 N–H and O–H groups in total. The average molecular weight is 317 g/mol. The van der Waals surface area contributed by atoms with Gasteiger partial charge in [0.15, 0.2) is 0 Å². The Balaban J connectivity index is 2.47. The lowest BCUT2D eigenvalue weighted by molar-refractivity contribution is 1.10. The largest absolute Gasteiger partial charge is 0.374 e. The molecule has 5 heteroatoms. The number of anilines is 1. The zero-order valence-electron chi connectivity index (χ0n) is 7.49. The number of halogens is 1. The molecule has 72 valence electrons. The summed E-state index contributed by atoms with van der Waals surface area (Å²) in [6.45, 7) is 2.08. The fourth-order valence-electron chi connectivity index (χ4n) is 1.13. The molecule has 1 heterocycles. The van der Waals surface area contributed by atoms with Gasteiger partial charge in [0.1, 0.15) is 5.01 Å². The van der Waals surface area contributed by atoms with Crippen LogP contribution in [0.15, 0.2) is 18.2 Å². The van der Waals surface area contributed by atoms with Gasteiger partial charge in [0, 0.05) is 9.13 Å². The highest BCUT2D eigenvalue weighted by Gasteiger charge is 2.05. The van der Waals surface area contributed by atoms with Crippen LogP contribution < -0.4 is 5.73 Å². The van der Waals surface area contributed by atoms with Crippen LogP contribution in [-0.2, 0) is 0 Å². The highest BCUT2D eigenvalue weighted by molar-refractivity contribution is 14.1. The van der Waals surface area contributed by atoms with Crippen molar-refractivity contribution in [3.8, 4) is 10.6 Å². The van der Waals surface area contributed by atoms with Gasteiger partial charge >= 0.3 is 0 Å². The van der Waals surface area contributed by atoms with E-state index in [1.165, 1.54) is 20.5 Å². The first-order valence-electron chi connectivity index (χ1n) is 4.02. The summed E-state index contributed by atoms with van der Waals surface area (Å²) >= 11 is 3.72. The first-order valence-corrected chi connectivity index (χ1v) is 5.92. The number of aryl methyl sites for hydroxylation is 1. The molecule has 0 radical (unpaired) electrons. The highest BCUT2D eigenvalue weighted by atomic mass is 127. The first kappa shape index (κ1) is 9.85. The molecule has 14 heavy (non-hydrogen) atoms. The second kappa shape index (κ2) is 3.82. The topological polar surface area (TPSA) is 51.8 Å². The van der Waals surface area contributed by atoms with Crippen LogP contribution in [-0.4, -0.2) is 10.2 Å². The summed E-state index contributed by atoms with van der Waals surface area (Å²) in [6.07, 6.45) is 0. The third kappa shape index (κ3) is 1.88. The number of aromatic nitrogens is 2. The van der Waals surface area contributed by atoms with Crippen molar-refractivity contribution in [3.63, 3.8) is 0 Å². The van der Waals surface area contributed by atoms with Crippen molar-refractivity contribution >= 4 is 39.1 Å². The van der Waals surface area contributed by atoms with Crippen LogP contribution in [0.2, 0.25) is 0 Å². The van der Waals surface area contributed by atoms with E-state index in [1.54, 1.807) is 0 Å². The summed E-state index contributed by atoms with van der Waals surface area (Å²) in [6, 6.07) is 6.21. The minimum Gasteiger partial charge on any atom is -0.374 e. The van der Waals surface area contributed by atoms with Crippen molar-refractivity contribution in [1.29, 1.82) is 0 Å². The van der Waals surface area contributed by atoms with Crippen LogP contribution in [0, 0.1) is 10.5 Å². The summed E-state index contributed by atoms with van der Waals surface area (Å²) < 4.78 is 1.25. The molecule has 0 atom stereocenters. The molecule has 0 bridgehead atoms. The van der Waals surface area contributed by atoms with E-state index in [4.69, 9.17) is 5.73 Å². The van der Waals surface area contributed by atoms with Gasteiger partial charge in [-0.25, -0.2) is 0 Å². The monoisotopic (exact) mass is 317 g/mol. The van der Waals surface area contributed by atoms with Crippen molar-refractivity contribution in [2.24, 2.45) is 0 Å². The Hall–Kier alpha value is -0.690. The molecule has 1 aromatic heterocycles. The van der Waals surface area contributed by atoms with E-state index in [0.717, 1.165) is 10.6 Å². The molecule has 0 saturated carbocycles. The Labute approximate surface area is 99.5 Å². The van der Waals surface area contributed by atoms with Crippen molar-refractivity contribution in [2.45, 2.75) is 6.92 Å². The maximum atomic E-state index is 5.53. The second-order valence-electron chi connectivity index (χ2n) is 2.91. The van der Waals surface area contributed by atoms with E-state index < -0.39 is 0 Å². The molecule has 0 unspecified atom stereocenters. The summed E-state index contributed by atoms with van der Waals surface area (Å²) in [5, 5.41) is 9.17. The van der Waals surface area contributed by atoms with E-state index in [0.29, 0.717) is 5.13 Å². The summed E-state index contributed by atoms with van der Waals surface area (Å²) in [4.78, 5) is 0. The third-order valence-electron chi connectivity index (χ3n) is 1.85. The van der Waals surface area contributed by atoms with Gasteiger partial charge in [-0.15, -0.1) is 10.2 Å². The van der Waals surface area contributed by atoms with Crippen molar-refractivity contribution < 1.29 is 0 Å². The quantitative estimate of drug-likeness (QED) is 0.823. The van der Waals surface area contributed by atoms with Crippen LogP contribution in [0.4, 0.5) is 5.13 Å². The van der Waals surface area contributed by atoms with Crippen LogP contribution in [0.5, 0.6) is 0 Å². The fraction of sp³-hybridized carbons (Fsp3) is 0.111. The minimum absolute atomic E-state index is 0.510. The molecular formula is C9H8IN3S. The molecule has 0 amide bonds. The normalized spacial score (nSPS) is 10.4. The van der Waals surface area contributed by atoms with E-state index in [-0.39, 0.29) is 0 Å². The average Bonchev–Trinajstić information content (AvgIpc) is 2.57. The van der Waals surface area contributed by atoms with E-state index in [2.05, 4.69) is 51.8 Å². The van der Waals surface area contributed by atoms with E-state index >= 15 is 0 Å². The molecule has 0 fully saturated rings. The predicted molar refractivity (Wildman–Crippen MR) is 67.2 cm³/mol. The lowest BCUT2D eigenvalue weighted by Gasteiger charge is -1.99. The zero-order chi connectivity index (χ0) is 10.1. The summed E-state index contributed by atoms with van der Waals surface area (Å²) in [7, 11) is 0. The highest BCUT2D eigenvalue weighted by Crippen LogP contribution is 2.26. The van der Waals surface area contributed by atoms with Crippen LogP contribution >= 0.6 is 33.9 Å². The van der Waals surface area contributed by atoms with Crippen LogP contribution in [0.3, 0.4) is 0 Å². The molecule has 0 aliphatic heterocycles. The number of hydrogen-bond acceptors (Lipinski definition) is 4. The number of nitrogen functional groups attached to an aromatic ring is 1. The van der Waals surface area contributed by atoms with E-state index in [1.807, 2.05) is 6.07 Å². The Kier molecular flexibility index (Phi) is 2.69. The summed E-state index contributed by atoms with van der Waals surface area (Å²) in [5.41, 5.74) is 7.86. The Morgan fingerprint density at radius 2 is 2.14 bits per heavy atom. The molecule has 0 saturated heterocycles. The Morgan fingerprint density at radius 1 is 1.36 bits per heavy atom. The number of nitrogens with two attached hydrogens (primary N) is 1. The molecule has 0 spiro atoms. The Morgan fingerprint density at radius 3 is 2.71 bits per heavy atom. The fourth-order valence-corrected chi connectivity index (χ4v) is 2.07. The van der Waals surface area contributed by atoms with Gasteiger partial charge in [-0.05, 0) is 47.2 Å². The Bertz CT molecular complexity index is 467.